The van der Waals surface area contributed by atoms with Gasteiger partial charge in [-0.3, -0.25) is 4.79 Å². The average molecular weight is 282 g/mol. The van der Waals surface area contributed by atoms with E-state index in [2.05, 4.69) is 22.2 Å². The molecule has 4 nitrogen and oxygen atoms in total. The number of carbonyl (C=O) groups excluding carboxylic acids is 1. The Hall–Kier alpha value is -1.16. The Balaban J connectivity index is 2.21. The van der Waals surface area contributed by atoms with Crippen LogP contribution in [0.3, 0.4) is 0 Å². The molecule has 1 aliphatic carbocycles. The Morgan fingerprint density at radius 2 is 2.21 bits per heavy atom. The number of carbonyl (C=O) groups is 1. The van der Waals surface area contributed by atoms with E-state index in [-0.39, 0.29) is 17.4 Å². The van der Waals surface area contributed by atoms with Crippen molar-refractivity contribution in [1.82, 2.24) is 15.3 Å². The smallest absolute Gasteiger partial charge is 0.272 e. The zero-order chi connectivity index (χ0) is 14.0. The molecule has 1 aliphatic rings. The third-order valence-corrected chi connectivity index (χ3v) is 4.14. The van der Waals surface area contributed by atoms with E-state index in [0.717, 1.165) is 19.3 Å². The molecule has 1 amide bonds. The second-order valence-corrected chi connectivity index (χ2v) is 5.93. The number of aromatic nitrogens is 2. The molecule has 0 aliphatic heterocycles. The van der Waals surface area contributed by atoms with Gasteiger partial charge in [-0.2, -0.15) is 0 Å². The van der Waals surface area contributed by atoms with Crippen molar-refractivity contribution >= 4 is 17.5 Å². The first-order valence-corrected chi connectivity index (χ1v) is 7.20. The fourth-order valence-electron chi connectivity index (χ4n) is 2.29. The number of rotatable bonds is 4. The van der Waals surface area contributed by atoms with E-state index >= 15 is 0 Å². The van der Waals surface area contributed by atoms with Crippen molar-refractivity contribution in [2.75, 3.05) is 0 Å². The number of halogens is 1. The lowest BCUT2D eigenvalue weighted by atomic mass is 9.75. The van der Waals surface area contributed by atoms with Crippen molar-refractivity contribution in [2.24, 2.45) is 0 Å². The summed E-state index contributed by atoms with van der Waals surface area (Å²) in [6, 6.07) is 0. The number of amides is 1. The van der Waals surface area contributed by atoms with Gasteiger partial charge in [0.25, 0.3) is 5.91 Å². The SMILES string of the molecule is CCC1(NC(=O)c2nc(C(C)C)ncc2Cl)CCC1. The average Bonchev–Trinajstić information content (AvgIpc) is 2.33. The summed E-state index contributed by atoms with van der Waals surface area (Å²) < 4.78 is 0. The maximum absolute atomic E-state index is 12.3. The van der Waals surface area contributed by atoms with Crippen LogP contribution in [0.5, 0.6) is 0 Å². The molecule has 0 spiro atoms. The number of hydrogen-bond donors (Lipinski definition) is 1. The molecule has 0 aromatic carbocycles. The van der Waals surface area contributed by atoms with Gasteiger partial charge < -0.3 is 5.32 Å². The molecule has 1 fully saturated rings. The van der Waals surface area contributed by atoms with E-state index in [0.29, 0.717) is 16.5 Å². The van der Waals surface area contributed by atoms with E-state index in [1.54, 1.807) is 0 Å². The van der Waals surface area contributed by atoms with E-state index in [9.17, 15) is 4.79 Å². The highest BCUT2D eigenvalue weighted by Gasteiger charge is 2.37. The second kappa shape index (κ2) is 5.45. The lowest BCUT2D eigenvalue weighted by Gasteiger charge is -2.41. The molecule has 1 aromatic heterocycles. The summed E-state index contributed by atoms with van der Waals surface area (Å²) in [6.45, 7) is 6.08. The number of nitrogens with one attached hydrogen (secondary N) is 1. The van der Waals surface area contributed by atoms with Crippen molar-refractivity contribution in [3.8, 4) is 0 Å². The molecule has 19 heavy (non-hydrogen) atoms. The summed E-state index contributed by atoms with van der Waals surface area (Å²) in [7, 11) is 0. The molecule has 1 N–H and O–H groups in total. The Bertz CT molecular complexity index is 478. The van der Waals surface area contributed by atoms with E-state index in [4.69, 9.17) is 11.6 Å². The van der Waals surface area contributed by atoms with Gasteiger partial charge in [0.2, 0.25) is 0 Å². The molecule has 0 radical (unpaired) electrons. The minimum absolute atomic E-state index is 0.0522. The standard InChI is InChI=1S/C14H20ClN3O/c1-4-14(6-5-7-14)18-13(19)11-10(15)8-16-12(17-11)9(2)3/h8-9H,4-7H2,1-3H3,(H,18,19). The van der Waals surface area contributed by atoms with Crippen LogP contribution >= 0.6 is 11.6 Å². The van der Waals surface area contributed by atoms with Crippen LogP contribution in [0.1, 0.15) is 68.7 Å². The molecule has 0 unspecified atom stereocenters. The van der Waals surface area contributed by atoms with Gasteiger partial charge in [0.05, 0.1) is 11.2 Å². The van der Waals surface area contributed by atoms with Gasteiger partial charge in [-0.25, -0.2) is 9.97 Å². The van der Waals surface area contributed by atoms with E-state index in [1.165, 1.54) is 12.6 Å². The lowest BCUT2D eigenvalue weighted by Crippen LogP contribution is -2.53. The summed E-state index contributed by atoms with van der Waals surface area (Å²) in [4.78, 5) is 20.8. The maximum atomic E-state index is 12.3. The third-order valence-electron chi connectivity index (χ3n) is 3.86. The molecule has 1 saturated carbocycles. The van der Waals surface area contributed by atoms with E-state index < -0.39 is 0 Å². The fraction of sp³-hybridized carbons (Fsp3) is 0.643. The molecule has 1 aromatic rings. The van der Waals surface area contributed by atoms with E-state index in [1.807, 2.05) is 13.8 Å². The van der Waals surface area contributed by atoms with Gasteiger partial charge in [0.1, 0.15) is 11.5 Å². The first kappa shape index (κ1) is 14.3. The lowest BCUT2D eigenvalue weighted by molar-refractivity contribution is 0.0815. The highest BCUT2D eigenvalue weighted by molar-refractivity contribution is 6.33. The molecule has 2 rings (SSSR count). The van der Waals surface area contributed by atoms with Gasteiger partial charge in [0, 0.05) is 11.5 Å². The van der Waals surface area contributed by atoms with Crippen LogP contribution in [0.15, 0.2) is 6.20 Å². The normalized spacial score (nSPS) is 17.1. The first-order valence-electron chi connectivity index (χ1n) is 6.82. The molecule has 5 heteroatoms. The van der Waals surface area contributed by atoms with Crippen LogP contribution in [0, 0.1) is 0 Å². The molecule has 0 saturated heterocycles. The van der Waals surface area contributed by atoms with Gasteiger partial charge in [0.15, 0.2) is 0 Å². The van der Waals surface area contributed by atoms with Crippen LogP contribution in [0.4, 0.5) is 0 Å². The predicted molar refractivity (Wildman–Crippen MR) is 75.5 cm³/mol. The van der Waals surface area contributed by atoms with Gasteiger partial charge in [-0.15, -0.1) is 0 Å². The molecule has 104 valence electrons. The third kappa shape index (κ3) is 2.89. The Labute approximate surface area is 119 Å². The highest BCUT2D eigenvalue weighted by atomic mass is 35.5. The monoisotopic (exact) mass is 281 g/mol. The van der Waals surface area contributed by atoms with Crippen molar-refractivity contribution < 1.29 is 4.79 Å². The van der Waals surface area contributed by atoms with Gasteiger partial charge >= 0.3 is 0 Å². The van der Waals surface area contributed by atoms with Gasteiger partial charge in [-0.05, 0) is 25.7 Å². The van der Waals surface area contributed by atoms with Crippen molar-refractivity contribution in [1.29, 1.82) is 0 Å². The second-order valence-electron chi connectivity index (χ2n) is 5.52. The largest absolute Gasteiger partial charge is 0.345 e. The van der Waals surface area contributed by atoms with Crippen molar-refractivity contribution in [2.45, 2.75) is 57.9 Å². The summed E-state index contributed by atoms with van der Waals surface area (Å²) >= 11 is 6.04. The molecule has 1 heterocycles. The molecular weight excluding hydrogens is 262 g/mol. The first-order chi connectivity index (χ1) is 8.97. The molecule has 0 atom stereocenters. The topological polar surface area (TPSA) is 54.9 Å². The van der Waals surface area contributed by atoms with Crippen LogP contribution in [-0.4, -0.2) is 21.4 Å². The van der Waals surface area contributed by atoms with Crippen LogP contribution in [0.2, 0.25) is 5.02 Å². The summed E-state index contributed by atoms with van der Waals surface area (Å²) in [6.07, 6.45) is 5.70. The highest BCUT2D eigenvalue weighted by Crippen LogP contribution is 2.35. The zero-order valence-corrected chi connectivity index (χ0v) is 12.4. The Kier molecular flexibility index (Phi) is 4.09. The summed E-state index contributed by atoms with van der Waals surface area (Å²) in [5.41, 5.74) is 0.240. The van der Waals surface area contributed by atoms with Crippen LogP contribution in [0.25, 0.3) is 0 Å². The number of hydrogen-bond acceptors (Lipinski definition) is 3. The van der Waals surface area contributed by atoms with Crippen molar-refractivity contribution in [3.05, 3.63) is 22.7 Å². The zero-order valence-electron chi connectivity index (χ0n) is 11.7. The fourth-order valence-corrected chi connectivity index (χ4v) is 2.47. The van der Waals surface area contributed by atoms with Crippen molar-refractivity contribution in [3.63, 3.8) is 0 Å². The predicted octanol–water partition coefficient (Wildman–Crippen LogP) is 3.32. The minimum Gasteiger partial charge on any atom is -0.345 e. The molecular formula is C14H20ClN3O. The van der Waals surface area contributed by atoms with Crippen LogP contribution < -0.4 is 5.32 Å². The summed E-state index contributed by atoms with van der Waals surface area (Å²) in [5, 5.41) is 3.40. The Morgan fingerprint density at radius 3 is 2.68 bits per heavy atom. The molecule has 0 bridgehead atoms. The maximum Gasteiger partial charge on any atom is 0.272 e. The number of nitrogens with zero attached hydrogens (tertiary/aromatic N) is 2. The van der Waals surface area contributed by atoms with Gasteiger partial charge in [-0.1, -0.05) is 32.4 Å². The van der Waals surface area contributed by atoms with Crippen LogP contribution in [-0.2, 0) is 0 Å². The minimum atomic E-state index is -0.184. The Morgan fingerprint density at radius 1 is 1.53 bits per heavy atom. The summed E-state index contributed by atoms with van der Waals surface area (Å²) in [5.74, 6) is 0.636. The quantitative estimate of drug-likeness (QED) is 0.921.